The molecule has 0 fully saturated rings. The Morgan fingerprint density at radius 3 is 0.917 bits per heavy atom. The average molecular weight is 844 g/mol. The van der Waals surface area contributed by atoms with E-state index in [2.05, 4.69) is 150 Å². The molecular formula is C29H70O9Si10. The Kier molecular flexibility index (Phi) is 16.3. The summed E-state index contributed by atoms with van der Waals surface area (Å²) in [6, 6.07) is 10.1. The molecule has 0 heterocycles. The average Bonchev–Trinajstić information content (AvgIpc) is 2.70. The first kappa shape index (κ1) is 46.6. The van der Waals surface area contributed by atoms with Crippen LogP contribution < -0.4 is 0 Å². The second-order valence-electron chi connectivity index (χ2n) is 19.0. The zero-order chi connectivity index (χ0) is 37.8. The maximum Gasteiger partial charge on any atom is 0.638 e. The van der Waals surface area contributed by atoms with E-state index in [4.69, 9.17) is 37.3 Å². The van der Waals surface area contributed by atoms with E-state index in [0.29, 0.717) is 5.38 Å². The molecule has 280 valence electrons. The Labute approximate surface area is 306 Å². The van der Waals surface area contributed by atoms with Crippen molar-refractivity contribution in [2.75, 3.05) is 0 Å². The first-order chi connectivity index (χ1) is 21.0. The van der Waals surface area contributed by atoms with Crippen LogP contribution in [-0.4, -0.2) is 85.6 Å². The highest BCUT2D eigenvalue weighted by Crippen LogP contribution is 2.34. The van der Waals surface area contributed by atoms with Crippen molar-refractivity contribution in [1.29, 1.82) is 0 Å². The fraction of sp³-hybridized carbons (Fsp3) is 0.724. The lowest BCUT2D eigenvalue weighted by atomic mass is 10.2. The Bertz CT molecular complexity index is 1030. The van der Waals surface area contributed by atoms with Crippen LogP contribution in [-0.2, 0) is 37.3 Å². The normalized spacial score (nSPS) is 15.3. The predicted molar refractivity (Wildman–Crippen MR) is 226 cm³/mol. The third-order valence-electron chi connectivity index (χ3n) is 4.85. The van der Waals surface area contributed by atoms with E-state index in [1.165, 1.54) is 0 Å². The van der Waals surface area contributed by atoms with Gasteiger partial charge in [-0.2, -0.15) is 0 Å². The van der Waals surface area contributed by atoms with Gasteiger partial charge < -0.3 is 37.3 Å². The van der Waals surface area contributed by atoms with Crippen molar-refractivity contribution < 1.29 is 37.3 Å². The summed E-state index contributed by atoms with van der Waals surface area (Å²) >= 11 is 0. The third-order valence-corrected chi connectivity index (χ3v) is 31.4. The van der Waals surface area contributed by atoms with E-state index in [9.17, 15) is 0 Å². The zero-order valence-corrected chi connectivity index (χ0v) is 44.4. The van der Waals surface area contributed by atoms with Crippen LogP contribution in [0.15, 0.2) is 35.7 Å². The predicted octanol–water partition coefficient (Wildman–Crippen LogP) is 9.65. The molecule has 1 aromatic rings. The molecule has 0 unspecified atom stereocenters. The summed E-state index contributed by atoms with van der Waals surface area (Å²) in [5.41, 5.74) is 0.974. The van der Waals surface area contributed by atoms with Crippen LogP contribution in [0.4, 0.5) is 0 Å². The fourth-order valence-corrected chi connectivity index (χ4v) is 35.3. The van der Waals surface area contributed by atoms with Gasteiger partial charge in [0.05, 0.1) is 0 Å². The van der Waals surface area contributed by atoms with Crippen molar-refractivity contribution in [1.82, 2.24) is 0 Å². The summed E-state index contributed by atoms with van der Waals surface area (Å²) in [6.45, 7) is 45.1. The van der Waals surface area contributed by atoms with Gasteiger partial charge >= 0.3 is 27.4 Å². The van der Waals surface area contributed by atoms with Gasteiger partial charge in [-0.3, -0.25) is 0 Å². The maximum absolute atomic E-state index is 7.41. The summed E-state index contributed by atoms with van der Waals surface area (Å²) in [5.74, 6) is 0. The molecule has 0 amide bonds. The van der Waals surface area contributed by atoms with Gasteiger partial charge in [0.2, 0.25) is 8.32 Å². The topological polar surface area (TPSA) is 83.1 Å². The van der Waals surface area contributed by atoms with Gasteiger partial charge in [-0.25, -0.2) is 0 Å². The van der Waals surface area contributed by atoms with E-state index >= 15 is 0 Å². The van der Waals surface area contributed by atoms with Gasteiger partial charge in [0.1, 0.15) is 5.38 Å². The molecule has 0 aliphatic carbocycles. The van der Waals surface area contributed by atoms with Gasteiger partial charge in [-0.05, 0) is 149 Å². The molecule has 48 heavy (non-hydrogen) atoms. The van der Waals surface area contributed by atoms with Crippen molar-refractivity contribution >= 4 is 91.7 Å². The van der Waals surface area contributed by atoms with E-state index in [1.54, 1.807) is 0 Å². The molecule has 0 N–H and O–H groups in total. The summed E-state index contributed by atoms with van der Waals surface area (Å²) in [5, 5.41) is 0.629. The van der Waals surface area contributed by atoms with E-state index < -0.39 is 85.6 Å². The minimum Gasteiger partial charge on any atom is -0.547 e. The quantitative estimate of drug-likeness (QED) is 0.0942. The van der Waals surface area contributed by atoms with Crippen LogP contribution in [0, 0.1) is 0 Å². The first-order valence-corrected chi connectivity index (χ1v) is 45.7. The van der Waals surface area contributed by atoms with Crippen LogP contribution in [0.2, 0.25) is 137 Å². The second kappa shape index (κ2) is 16.7. The number of rotatable bonds is 20. The van der Waals surface area contributed by atoms with Crippen LogP contribution in [0.1, 0.15) is 5.56 Å². The number of hydrogen-bond acceptors (Lipinski definition) is 9. The second-order valence-corrected chi connectivity index (χ2v) is 58.8. The third kappa shape index (κ3) is 21.2. The molecule has 0 atom stereocenters. The Morgan fingerprint density at radius 2 is 0.688 bits per heavy atom. The molecule has 19 heteroatoms. The highest BCUT2D eigenvalue weighted by Gasteiger charge is 2.61. The molecule has 0 bridgehead atoms. The summed E-state index contributed by atoms with van der Waals surface area (Å²) < 4.78 is 64.0. The molecular weight excluding hydrogens is 773 g/mol. The van der Waals surface area contributed by atoms with E-state index in [0.717, 1.165) is 5.56 Å². The first-order valence-electron chi connectivity index (χ1n) is 17.0. The van der Waals surface area contributed by atoms with Gasteiger partial charge in [-0.1, -0.05) is 30.3 Å². The monoisotopic (exact) mass is 842 g/mol. The van der Waals surface area contributed by atoms with E-state index in [1.807, 2.05) is 24.3 Å². The van der Waals surface area contributed by atoms with Crippen LogP contribution >= 0.6 is 0 Å². The van der Waals surface area contributed by atoms with Crippen molar-refractivity contribution in [3.63, 3.8) is 0 Å². The molecule has 1 rings (SSSR count). The smallest absolute Gasteiger partial charge is 0.547 e. The molecule has 9 nitrogen and oxygen atoms in total. The number of hydrogen-bond donors (Lipinski definition) is 0. The molecule has 0 aromatic heterocycles. The zero-order valence-electron chi connectivity index (χ0n) is 34.2. The fourth-order valence-electron chi connectivity index (χ4n) is 4.13. The maximum atomic E-state index is 7.41. The Hall–Kier alpha value is 0.609. The van der Waals surface area contributed by atoms with Gasteiger partial charge in [-0.15, -0.1) is 0 Å². The lowest BCUT2D eigenvalue weighted by Crippen LogP contribution is -2.68. The Balaban J connectivity index is 4.35. The van der Waals surface area contributed by atoms with Crippen molar-refractivity contribution in [3.05, 3.63) is 41.3 Å². The molecule has 0 spiro atoms. The van der Waals surface area contributed by atoms with Crippen molar-refractivity contribution in [2.24, 2.45) is 0 Å². The highest BCUT2D eigenvalue weighted by molar-refractivity contribution is 6.93. The van der Waals surface area contributed by atoms with Gasteiger partial charge in [0.15, 0.2) is 49.9 Å². The molecule has 0 radical (unpaired) electrons. The summed E-state index contributed by atoms with van der Waals surface area (Å²) in [7, 11) is -27.1. The van der Waals surface area contributed by atoms with Crippen molar-refractivity contribution in [3.8, 4) is 0 Å². The molecule has 1 aromatic carbocycles. The van der Waals surface area contributed by atoms with Gasteiger partial charge in [0.25, 0.3) is 0 Å². The summed E-state index contributed by atoms with van der Waals surface area (Å²) in [6.07, 6.45) is 2.04. The van der Waals surface area contributed by atoms with Crippen LogP contribution in [0.3, 0.4) is 0 Å². The molecule has 0 saturated carbocycles. The lowest BCUT2D eigenvalue weighted by Gasteiger charge is -2.45. The van der Waals surface area contributed by atoms with Crippen LogP contribution in [0.5, 0.6) is 0 Å². The molecule has 0 aliphatic heterocycles. The van der Waals surface area contributed by atoms with Gasteiger partial charge in [0, 0.05) is 0 Å². The van der Waals surface area contributed by atoms with Crippen molar-refractivity contribution in [2.45, 2.75) is 137 Å². The molecule has 0 saturated heterocycles. The number of benzene rings is 1. The largest absolute Gasteiger partial charge is 0.638 e. The minimum absolute atomic E-state index is 0.629. The lowest BCUT2D eigenvalue weighted by molar-refractivity contribution is 0.109. The van der Waals surface area contributed by atoms with Crippen LogP contribution in [0.25, 0.3) is 6.08 Å². The Morgan fingerprint density at radius 1 is 0.417 bits per heavy atom. The van der Waals surface area contributed by atoms with E-state index in [-0.39, 0.29) is 0 Å². The molecule has 0 aliphatic rings. The highest BCUT2D eigenvalue weighted by atomic mass is 28.6. The SMILES string of the molecule is C[Si](C)(C)OC(=Cc1ccccc1)[SiH](O[Si](O[Si](C)(C)C)(O[Si](C)(C)C)O[Si](C)(C)C)O[Si](O[Si](C)(C)C)(O[Si](C)(C)C)O[Si](C)(C)C. The standard InChI is InChI=1S/C29H70O9Si10/c1-40(2,3)30-29(27-28-25-23-22-24-26-28)39(31-47(33-41(4,5)6,34-42(7,8)9)35-43(10,11)12)32-48(36-44(13,14)15,37-45(16,17)18)38-46(19,20)21/h22-27,39H,1-21H3. The minimum atomic E-state index is -3.89. The summed E-state index contributed by atoms with van der Waals surface area (Å²) in [4.78, 5) is 0.